The maximum Gasteiger partial charge on any atom is 0.225 e. The Balaban J connectivity index is 1.26. The van der Waals surface area contributed by atoms with E-state index in [0.717, 1.165) is 43.7 Å². The van der Waals surface area contributed by atoms with E-state index in [-0.39, 0.29) is 34.8 Å². The highest BCUT2D eigenvalue weighted by molar-refractivity contribution is 6.30. The summed E-state index contributed by atoms with van der Waals surface area (Å²) in [6.07, 6.45) is 3.66. The van der Waals surface area contributed by atoms with Crippen molar-refractivity contribution in [3.8, 4) is 11.8 Å². The molecule has 1 aromatic heterocycles. The fourth-order valence-electron chi connectivity index (χ4n) is 5.90. The molecule has 3 heterocycles. The molecule has 0 bridgehead atoms. The normalized spacial score (nSPS) is 20.6. The van der Waals surface area contributed by atoms with Gasteiger partial charge < -0.3 is 14.5 Å². The molecule has 0 saturated carbocycles. The summed E-state index contributed by atoms with van der Waals surface area (Å²) in [7, 11) is 0. The second-order valence-electron chi connectivity index (χ2n) is 10.6. The molecular weight excluding hydrogens is 550 g/mol. The Labute approximate surface area is 244 Å². The number of ether oxygens (including phenoxy) is 1. The molecule has 2 aliphatic rings. The average Bonchev–Trinajstić information content (AvgIpc) is 2.99. The van der Waals surface area contributed by atoms with Gasteiger partial charge in [0.15, 0.2) is 0 Å². The number of aromatic nitrogens is 1. The largest absolute Gasteiger partial charge is 0.490 e. The zero-order chi connectivity index (χ0) is 28.2. The number of likely N-dealkylation sites (tertiary alicyclic amines) is 1. The number of anilines is 1. The molecule has 40 heavy (non-hydrogen) atoms. The van der Waals surface area contributed by atoms with Gasteiger partial charge in [-0.05, 0) is 68.1 Å². The van der Waals surface area contributed by atoms with Crippen molar-refractivity contribution >= 4 is 34.9 Å². The van der Waals surface area contributed by atoms with Gasteiger partial charge in [0.2, 0.25) is 5.91 Å². The Hall–Kier alpha value is -3.34. The van der Waals surface area contributed by atoms with Crippen LogP contribution in [-0.2, 0) is 4.79 Å². The van der Waals surface area contributed by atoms with Crippen molar-refractivity contribution in [1.29, 1.82) is 5.26 Å². The molecule has 0 aliphatic carbocycles. The summed E-state index contributed by atoms with van der Waals surface area (Å²) in [6.45, 7) is 4.73. The molecule has 9 heteroatoms. The van der Waals surface area contributed by atoms with E-state index in [2.05, 4.69) is 16.0 Å². The molecule has 2 aliphatic heterocycles. The van der Waals surface area contributed by atoms with Gasteiger partial charge in [0.05, 0.1) is 16.7 Å². The lowest BCUT2D eigenvalue weighted by atomic mass is 9.77. The summed E-state index contributed by atoms with van der Waals surface area (Å²) in [5, 5.41) is 9.74. The molecular formula is C31H31Cl2FN4O2. The fourth-order valence-corrected chi connectivity index (χ4v) is 6.14. The van der Waals surface area contributed by atoms with Gasteiger partial charge >= 0.3 is 0 Å². The van der Waals surface area contributed by atoms with E-state index < -0.39 is 5.82 Å². The van der Waals surface area contributed by atoms with Gasteiger partial charge in [-0.25, -0.2) is 9.37 Å². The van der Waals surface area contributed by atoms with Gasteiger partial charge in [-0.2, -0.15) is 5.26 Å². The van der Waals surface area contributed by atoms with E-state index in [1.165, 1.54) is 12.1 Å². The molecule has 208 valence electrons. The van der Waals surface area contributed by atoms with Crippen LogP contribution in [0.1, 0.15) is 43.2 Å². The maximum atomic E-state index is 14.0. The van der Waals surface area contributed by atoms with Crippen molar-refractivity contribution < 1.29 is 13.9 Å². The molecule has 5 rings (SSSR count). The minimum atomic E-state index is -0.512. The number of nitriles is 1. The number of hydrogen-bond donors (Lipinski definition) is 0. The topological polar surface area (TPSA) is 69.5 Å². The minimum Gasteiger partial charge on any atom is -0.490 e. The van der Waals surface area contributed by atoms with Crippen molar-refractivity contribution in [1.82, 2.24) is 9.88 Å². The zero-order valence-corrected chi connectivity index (χ0v) is 23.8. The van der Waals surface area contributed by atoms with E-state index in [1.807, 2.05) is 42.2 Å². The highest BCUT2D eigenvalue weighted by Gasteiger charge is 2.39. The number of nitrogens with zero attached hydrogens (tertiary/aromatic N) is 4. The van der Waals surface area contributed by atoms with Crippen LogP contribution in [-0.4, -0.2) is 48.1 Å². The standard InChI is InChI=1S/C31H31Cl2FN4O2/c1-20(40-25-7-8-28(33)29(34)16-25)26-12-15-38(19-27(26)22-3-5-24(32)6-4-22)31(39)23-10-13-37(14-11-23)30-9-2-21(17-35)18-36-30/h2-9,16,18,20,23,26-27H,10-15,19H2,1H3. The lowest BCUT2D eigenvalue weighted by Gasteiger charge is -2.43. The number of carbonyl (C=O) groups excluding carboxylic acids is 1. The number of halogens is 3. The lowest BCUT2D eigenvalue weighted by molar-refractivity contribution is -0.138. The Morgan fingerprint density at radius 1 is 1.07 bits per heavy atom. The van der Waals surface area contributed by atoms with Gasteiger partial charge in [-0.15, -0.1) is 0 Å². The Morgan fingerprint density at radius 3 is 2.48 bits per heavy atom. The van der Waals surface area contributed by atoms with Crippen molar-refractivity contribution in [2.45, 2.75) is 38.2 Å². The SMILES string of the molecule is CC(Oc1ccc(Cl)c(F)c1)C1CCN(C(=O)C2CCN(c3ccc(C#N)cn3)CC2)CC1c1ccc(Cl)cc1. The van der Waals surface area contributed by atoms with E-state index in [1.54, 1.807) is 18.3 Å². The van der Waals surface area contributed by atoms with Gasteiger partial charge in [0, 0.05) is 61.2 Å². The van der Waals surface area contributed by atoms with E-state index >= 15 is 0 Å². The summed E-state index contributed by atoms with van der Waals surface area (Å²) >= 11 is 12.0. The van der Waals surface area contributed by atoms with E-state index in [0.29, 0.717) is 29.4 Å². The number of rotatable bonds is 6. The zero-order valence-electron chi connectivity index (χ0n) is 22.3. The fraction of sp³-hybridized carbons (Fsp3) is 0.387. The molecule has 6 nitrogen and oxygen atoms in total. The van der Waals surface area contributed by atoms with Crippen LogP contribution in [0.5, 0.6) is 5.75 Å². The summed E-state index contributed by atoms with van der Waals surface area (Å²) in [6, 6.07) is 18.0. The Kier molecular flexibility index (Phi) is 8.78. The highest BCUT2D eigenvalue weighted by Crippen LogP contribution is 2.38. The van der Waals surface area contributed by atoms with Gasteiger partial charge in [-0.1, -0.05) is 35.3 Å². The highest BCUT2D eigenvalue weighted by atomic mass is 35.5. The third kappa shape index (κ3) is 6.35. The first-order valence-electron chi connectivity index (χ1n) is 13.6. The number of amides is 1. The first-order chi connectivity index (χ1) is 19.3. The molecule has 0 N–H and O–H groups in total. The van der Waals surface area contributed by atoms with Gasteiger partial charge in [0.1, 0.15) is 23.5 Å². The van der Waals surface area contributed by atoms with Crippen LogP contribution in [0.4, 0.5) is 10.2 Å². The van der Waals surface area contributed by atoms with Crippen molar-refractivity contribution in [3.63, 3.8) is 0 Å². The van der Waals surface area contributed by atoms with Crippen molar-refractivity contribution in [2.24, 2.45) is 11.8 Å². The average molecular weight is 582 g/mol. The molecule has 2 aromatic carbocycles. The monoisotopic (exact) mass is 580 g/mol. The van der Waals surface area contributed by atoms with E-state index in [9.17, 15) is 9.18 Å². The van der Waals surface area contributed by atoms with Crippen LogP contribution in [0.2, 0.25) is 10.0 Å². The second kappa shape index (κ2) is 12.4. The van der Waals surface area contributed by atoms with E-state index in [4.69, 9.17) is 33.2 Å². The smallest absolute Gasteiger partial charge is 0.225 e. The Bertz CT molecular complexity index is 1370. The molecule has 2 fully saturated rings. The number of carbonyl (C=O) groups is 1. The van der Waals surface area contributed by atoms with Crippen molar-refractivity contribution in [3.05, 3.63) is 87.8 Å². The first kappa shape index (κ1) is 28.2. The van der Waals surface area contributed by atoms with Crippen LogP contribution < -0.4 is 9.64 Å². The quantitative estimate of drug-likeness (QED) is 0.324. The summed E-state index contributed by atoms with van der Waals surface area (Å²) in [5.74, 6) is 1.08. The molecule has 3 aromatic rings. The predicted molar refractivity (Wildman–Crippen MR) is 154 cm³/mol. The third-order valence-corrected chi connectivity index (χ3v) is 8.70. The number of benzene rings is 2. The van der Waals surface area contributed by atoms with Gasteiger partial charge in [0.25, 0.3) is 0 Å². The van der Waals surface area contributed by atoms with Crippen LogP contribution in [0, 0.1) is 29.0 Å². The third-order valence-electron chi connectivity index (χ3n) is 8.14. The molecule has 3 unspecified atom stereocenters. The molecule has 3 atom stereocenters. The van der Waals surface area contributed by atoms with Crippen LogP contribution in [0.15, 0.2) is 60.8 Å². The van der Waals surface area contributed by atoms with Crippen LogP contribution in [0.25, 0.3) is 0 Å². The minimum absolute atomic E-state index is 0.0391. The number of pyridine rings is 1. The first-order valence-corrected chi connectivity index (χ1v) is 14.3. The second-order valence-corrected chi connectivity index (χ2v) is 11.4. The number of hydrogen-bond acceptors (Lipinski definition) is 5. The molecule has 2 saturated heterocycles. The predicted octanol–water partition coefficient (Wildman–Crippen LogP) is 6.72. The molecule has 0 radical (unpaired) electrons. The van der Waals surface area contributed by atoms with Crippen LogP contribution in [0.3, 0.4) is 0 Å². The lowest BCUT2D eigenvalue weighted by Crippen LogP contribution is -2.49. The van der Waals surface area contributed by atoms with Crippen molar-refractivity contribution in [2.75, 3.05) is 31.1 Å². The summed E-state index contributed by atoms with van der Waals surface area (Å²) < 4.78 is 20.2. The van der Waals surface area contributed by atoms with Crippen LogP contribution >= 0.6 is 23.2 Å². The summed E-state index contributed by atoms with van der Waals surface area (Å²) in [4.78, 5) is 22.3. The molecule has 1 amide bonds. The Morgan fingerprint density at radius 2 is 1.82 bits per heavy atom. The summed E-state index contributed by atoms with van der Waals surface area (Å²) in [5.41, 5.74) is 1.64. The molecule has 0 spiro atoms. The maximum absolute atomic E-state index is 14.0. The number of piperidine rings is 2. The van der Waals surface area contributed by atoms with Gasteiger partial charge in [-0.3, -0.25) is 4.79 Å².